The van der Waals surface area contributed by atoms with Gasteiger partial charge in [0.25, 0.3) is 0 Å². The van der Waals surface area contributed by atoms with Crippen molar-refractivity contribution in [1.82, 2.24) is 0 Å². The fourth-order valence-corrected chi connectivity index (χ4v) is 9.10. The van der Waals surface area contributed by atoms with Crippen LogP contribution in [0.5, 0.6) is 11.5 Å². The Bertz CT molecular complexity index is 2810. The van der Waals surface area contributed by atoms with E-state index in [1.807, 2.05) is 0 Å². The van der Waals surface area contributed by atoms with E-state index in [-0.39, 0.29) is 0 Å². The summed E-state index contributed by atoms with van der Waals surface area (Å²) in [5.74, 6) is 1.72. The molecule has 0 atom stereocenters. The third-order valence-corrected chi connectivity index (χ3v) is 11.7. The van der Waals surface area contributed by atoms with Crippen molar-refractivity contribution in [2.24, 2.45) is 0 Å². The Kier molecular flexibility index (Phi) is 7.75. The number of hydrogen-bond acceptors (Lipinski definition) is 2. The van der Waals surface area contributed by atoms with Crippen LogP contribution in [0.4, 0.5) is 17.1 Å². The zero-order chi connectivity index (χ0) is 37.8. The van der Waals surface area contributed by atoms with Gasteiger partial charge in [0, 0.05) is 16.8 Å². The van der Waals surface area contributed by atoms with E-state index in [2.05, 4.69) is 229 Å². The summed E-state index contributed by atoms with van der Waals surface area (Å²) in [6.07, 6.45) is 0. The van der Waals surface area contributed by atoms with Crippen LogP contribution in [-0.4, -0.2) is 0 Å². The predicted molar refractivity (Wildman–Crippen MR) is 235 cm³/mol. The molecule has 0 amide bonds. The fraction of sp³-hybridized carbons (Fsp3) is 0.0182. The van der Waals surface area contributed by atoms with Gasteiger partial charge in [-0.3, -0.25) is 0 Å². The largest absolute Gasteiger partial charge is 0.457 e. The maximum atomic E-state index is 6.98. The molecule has 9 aromatic carbocycles. The van der Waals surface area contributed by atoms with E-state index in [0.717, 1.165) is 50.8 Å². The highest BCUT2D eigenvalue weighted by atomic mass is 16.5. The Hall–Kier alpha value is -7.42. The van der Waals surface area contributed by atoms with Crippen molar-refractivity contribution in [3.8, 4) is 56.0 Å². The molecule has 268 valence electrons. The van der Waals surface area contributed by atoms with Gasteiger partial charge in [0.2, 0.25) is 0 Å². The summed E-state index contributed by atoms with van der Waals surface area (Å²) in [7, 11) is 0. The van der Waals surface area contributed by atoms with Crippen LogP contribution in [0.2, 0.25) is 0 Å². The molecule has 11 rings (SSSR count). The van der Waals surface area contributed by atoms with Crippen LogP contribution >= 0.6 is 0 Å². The van der Waals surface area contributed by atoms with Gasteiger partial charge in [0.15, 0.2) is 0 Å². The Balaban J connectivity index is 1.24. The van der Waals surface area contributed by atoms with Gasteiger partial charge in [-0.05, 0) is 110 Å². The zero-order valence-electron chi connectivity index (χ0n) is 31.2. The van der Waals surface area contributed by atoms with Crippen LogP contribution in [0.25, 0.3) is 44.5 Å². The molecule has 0 radical (unpaired) electrons. The minimum Gasteiger partial charge on any atom is -0.457 e. The lowest BCUT2D eigenvalue weighted by Crippen LogP contribution is -2.39. The molecule has 57 heavy (non-hydrogen) atoms. The van der Waals surface area contributed by atoms with Crippen LogP contribution in [0.1, 0.15) is 22.3 Å². The Morgan fingerprint density at radius 1 is 0.281 bits per heavy atom. The number of benzene rings is 9. The lowest BCUT2D eigenvalue weighted by molar-refractivity contribution is 0.434. The van der Waals surface area contributed by atoms with Crippen molar-refractivity contribution < 1.29 is 4.74 Å². The fourth-order valence-electron chi connectivity index (χ4n) is 9.10. The zero-order valence-corrected chi connectivity index (χ0v) is 31.2. The lowest BCUT2D eigenvalue weighted by atomic mass is 9.60. The average Bonchev–Trinajstić information content (AvgIpc) is 3.30. The van der Waals surface area contributed by atoms with Gasteiger partial charge in [-0.1, -0.05) is 170 Å². The average molecular weight is 728 g/mol. The molecule has 0 aromatic heterocycles. The number of fused-ring (bicyclic) bond motifs is 8. The van der Waals surface area contributed by atoms with Gasteiger partial charge >= 0.3 is 0 Å². The van der Waals surface area contributed by atoms with Crippen molar-refractivity contribution in [2.45, 2.75) is 5.41 Å². The van der Waals surface area contributed by atoms with Gasteiger partial charge in [-0.25, -0.2) is 0 Å². The second-order valence-corrected chi connectivity index (χ2v) is 14.9. The topological polar surface area (TPSA) is 12.5 Å². The summed E-state index contributed by atoms with van der Waals surface area (Å²) in [6.45, 7) is 0. The SMILES string of the molecule is c1ccc(-c2ccc(N3c4ccccc4C4(c5cc(-c6ccccc6)ccc5Oc5ccc(-c6ccccc6)cc54)c4cc(-c5ccccc5)ccc43)cc2)cc1. The van der Waals surface area contributed by atoms with E-state index in [1.165, 1.54) is 44.5 Å². The summed E-state index contributed by atoms with van der Waals surface area (Å²) in [5, 5.41) is 0. The molecule has 0 aliphatic carbocycles. The molecular formula is C55H37NO. The van der Waals surface area contributed by atoms with E-state index in [9.17, 15) is 0 Å². The molecule has 9 aromatic rings. The van der Waals surface area contributed by atoms with E-state index >= 15 is 0 Å². The minimum absolute atomic E-state index is 0.740. The summed E-state index contributed by atoms with van der Waals surface area (Å²) < 4.78 is 6.98. The Morgan fingerprint density at radius 3 is 1.16 bits per heavy atom. The summed E-state index contributed by atoms with van der Waals surface area (Å²) in [6, 6.07) is 81.2. The standard InChI is InChI=1S/C55H37NO/c1-5-15-38(16-6-1)42-25-30-46(31-26-42)56-51-24-14-13-23-47(51)55(48-35-43(27-32-52(48)56)39-17-7-2-8-18-39)49-36-44(40-19-9-3-10-20-40)28-33-53(49)57-54-34-29-45(37-50(54)55)41-21-11-4-12-22-41/h1-37H. The molecule has 0 N–H and O–H groups in total. The molecule has 0 saturated carbocycles. The molecule has 0 unspecified atom stereocenters. The van der Waals surface area contributed by atoms with Crippen LogP contribution in [-0.2, 0) is 5.41 Å². The number of para-hydroxylation sites is 1. The van der Waals surface area contributed by atoms with Crippen molar-refractivity contribution in [3.63, 3.8) is 0 Å². The first-order valence-electron chi connectivity index (χ1n) is 19.6. The molecule has 2 aliphatic heterocycles. The number of hydrogen-bond donors (Lipinski definition) is 0. The first-order chi connectivity index (χ1) is 28.3. The molecule has 0 bridgehead atoms. The molecular weight excluding hydrogens is 691 g/mol. The van der Waals surface area contributed by atoms with E-state index < -0.39 is 5.41 Å². The maximum absolute atomic E-state index is 6.98. The van der Waals surface area contributed by atoms with Crippen molar-refractivity contribution in [3.05, 3.63) is 247 Å². The Labute approximate surface area is 333 Å². The highest BCUT2D eigenvalue weighted by Crippen LogP contribution is 2.64. The summed E-state index contributed by atoms with van der Waals surface area (Å²) >= 11 is 0. The molecule has 2 nitrogen and oxygen atoms in total. The third-order valence-electron chi connectivity index (χ3n) is 11.7. The number of nitrogens with zero attached hydrogens (tertiary/aromatic N) is 1. The van der Waals surface area contributed by atoms with Crippen LogP contribution < -0.4 is 9.64 Å². The molecule has 2 aliphatic rings. The van der Waals surface area contributed by atoms with E-state index in [0.29, 0.717) is 0 Å². The van der Waals surface area contributed by atoms with E-state index in [4.69, 9.17) is 4.74 Å². The van der Waals surface area contributed by atoms with Crippen LogP contribution in [0.15, 0.2) is 224 Å². The molecule has 1 spiro atoms. The van der Waals surface area contributed by atoms with Gasteiger partial charge in [0.1, 0.15) is 11.5 Å². The first kappa shape index (κ1) is 33.0. The van der Waals surface area contributed by atoms with Gasteiger partial charge in [-0.15, -0.1) is 0 Å². The summed E-state index contributed by atoms with van der Waals surface area (Å²) in [5.41, 5.74) is 16.7. The van der Waals surface area contributed by atoms with Crippen molar-refractivity contribution in [1.29, 1.82) is 0 Å². The highest BCUT2D eigenvalue weighted by Gasteiger charge is 2.51. The Morgan fingerprint density at radius 2 is 0.649 bits per heavy atom. The van der Waals surface area contributed by atoms with Crippen LogP contribution in [0, 0.1) is 0 Å². The summed E-state index contributed by atoms with van der Waals surface area (Å²) in [4.78, 5) is 2.45. The molecule has 2 heterocycles. The van der Waals surface area contributed by atoms with E-state index in [1.54, 1.807) is 0 Å². The molecule has 0 saturated heterocycles. The molecule has 0 fully saturated rings. The number of anilines is 3. The first-order valence-corrected chi connectivity index (χ1v) is 19.6. The second-order valence-electron chi connectivity index (χ2n) is 14.9. The number of ether oxygens (including phenoxy) is 1. The quantitative estimate of drug-likeness (QED) is 0.175. The highest BCUT2D eigenvalue weighted by molar-refractivity contribution is 5.93. The van der Waals surface area contributed by atoms with Gasteiger partial charge in [-0.2, -0.15) is 0 Å². The normalized spacial score (nSPS) is 13.2. The smallest absolute Gasteiger partial charge is 0.132 e. The van der Waals surface area contributed by atoms with Crippen LogP contribution in [0.3, 0.4) is 0 Å². The second kappa shape index (κ2) is 13.4. The monoisotopic (exact) mass is 727 g/mol. The predicted octanol–water partition coefficient (Wildman–Crippen LogP) is 14.6. The van der Waals surface area contributed by atoms with Crippen molar-refractivity contribution >= 4 is 17.1 Å². The third kappa shape index (κ3) is 5.33. The number of rotatable bonds is 5. The van der Waals surface area contributed by atoms with Crippen molar-refractivity contribution in [2.75, 3.05) is 4.90 Å². The lowest BCUT2D eigenvalue weighted by Gasteiger charge is -2.49. The maximum Gasteiger partial charge on any atom is 0.132 e. The minimum atomic E-state index is -0.740. The van der Waals surface area contributed by atoms with Gasteiger partial charge in [0.05, 0.1) is 16.8 Å². The molecule has 2 heteroatoms. The van der Waals surface area contributed by atoms with Gasteiger partial charge < -0.3 is 9.64 Å².